The molecular weight excluding hydrogens is 410 g/mol. The van der Waals surface area contributed by atoms with E-state index in [1.165, 1.54) is 24.8 Å². The van der Waals surface area contributed by atoms with Crippen molar-refractivity contribution in [1.82, 2.24) is 24.9 Å². The van der Waals surface area contributed by atoms with Crippen LogP contribution in [0.4, 0.5) is 5.82 Å². The predicted molar refractivity (Wildman–Crippen MR) is 131 cm³/mol. The van der Waals surface area contributed by atoms with E-state index in [4.69, 9.17) is 15.7 Å². The van der Waals surface area contributed by atoms with Gasteiger partial charge < -0.3 is 16.0 Å². The van der Waals surface area contributed by atoms with Gasteiger partial charge in [0.2, 0.25) is 0 Å². The summed E-state index contributed by atoms with van der Waals surface area (Å²) in [7, 11) is 0. The first-order chi connectivity index (χ1) is 16.2. The predicted octanol–water partition coefficient (Wildman–Crippen LogP) is 4.89. The first-order valence-electron chi connectivity index (χ1n) is 11.8. The summed E-state index contributed by atoms with van der Waals surface area (Å²) in [5.41, 5.74) is 11.1. The third kappa shape index (κ3) is 2.99. The maximum absolute atomic E-state index is 6.07. The van der Waals surface area contributed by atoms with Gasteiger partial charge in [0.1, 0.15) is 11.5 Å². The number of fused-ring (bicyclic) bond motifs is 4. The van der Waals surface area contributed by atoms with Crippen molar-refractivity contribution < 1.29 is 0 Å². The zero-order valence-electron chi connectivity index (χ0n) is 18.3. The number of nitrogens with one attached hydrogen (secondary N) is 2. The molecule has 4 N–H and O–H groups in total. The molecular formula is C26H25N7. The molecule has 7 rings (SSSR count). The van der Waals surface area contributed by atoms with Crippen LogP contribution in [0.5, 0.6) is 0 Å². The van der Waals surface area contributed by atoms with E-state index in [1.54, 1.807) is 0 Å². The van der Waals surface area contributed by atoms with Crippen LogP contribution in [0.1, 0.15) is 43.6 Å². The van der Waals surface area contributed by atoms with Gasteiger partial charge in [0.05, 0.1) is 11.7 Å². The standard InChI is InChI=1S/C26H25N7/c27-15-10-16(11-15)30-26-23-19(14-4-3-5-14)12-28-13-21(23)32-24(33-26)18-8-9-29-25-22(18)17-6-1-2-7-20(17)31-25/h1-2,6-9,12-16H,3-5,10-11,27H2,(H,29,31)(H,30,32,33)/t15-,16+. The molecule has 0 aliphatic heterocycles. The molecule has 2 aliphatic carbocycles. The van der Waals surface area contributed by atoms with Gasteiger partial charge in [0.15, 0.2) is 5.82 Å². The summed E-state index contributed by atoms with van der Waals surface area (Å²) in [6.45, 7) is 0. The second-order valence-corrected chi connectivity index (χ2v) is 9.47. The van der Waals surface area contributed by atoms with Crippen LogP contribution in [0.25, 0.3) is 44.2 Å². The third-order valence-electron chi connectivity index (χ3n) is 7.34. The van der Waals surface area contributed by atoms with E-state index >= 15 is 0 Å². The Morgan fingerprint density at radius 1 is 1.00 bits per heavy atom. The second kappa shape index (κ2) is 7.22. The molecule has 164 valence electrons. The molecule has 4 aromatic heterocycles. The van der Waals surface area contributed by atoms with Gasteiger partial charge >= 0.3 is 0 Å². The molecule has 5 aromatic rings. The van der Waals surface area contributed by atoms with Crippen LogP contribution in [0.3, 0.4) is 0 Å². The molecule has 4 heterocycles. The van der Waals surface area contributed by atoms with Crippen molar-refractivity contribution in [3.05, 3.63) is 54.5 Å². The topological polar surface area (TPSA) is 105 Å². The maximum atomic E-state index is 6.07. The fourth-order valence-corrected chi connectivity index (χ4v) is 5.29. The molecule has 0 radical (unpaired) electrons. The zero-order valence-corrected chi connectivity index (χ0v) is 18.3. The van der Waals surface area contributed by atoms with E-state index in [0.29, 0.717) is 17.8 Å². The lowest BCUT2D eigenvalue weighted by atomic mass is 9.79. The Morgan fingerprint density at radius 3 is 2.70 bits per heavy atom. The van der Waals surface area contributed by atoms with Gasteiger partial charge in [-0.05, 0) is 49.3 Å². The average Bonchev–Trinajstić information content (AvgIpc) is 3.15. The summed E-state index contributed by atoms with van der Waals surface area (Å²) < 4.78 is 0. The van der Waals surface area contributed by atoms with E-state index in [9.17, 15) is 0 Å². The average molecular weight is 436 g/mol. The Kier molecular flexibility index (Phi) is 4.14. The largest absolute Gasteiger partial charge is 0.367 e. The number of hydrogen-bond acceptors (Lipinski definition) is 6. The first kappa shape index (κ1) is 18.9. The number of pyridine rings is 2. The van der Waals surface area contributed by atoms with Crippen molar-refractivity contribution in [1.29, 1.82) is 0 Å². The van der Waals surface area contributed by atoms with E-state index in [2.05, 4.69) is 38.5 Å². The molecule has 0 unspecified atom stereocenters. The molecule has 1 aromatic carbocycles. The summed E-state index contributed by atoms with van der Waals surface area (Å²) in [6, 6.07) is 10.9. The molecule has 7 heteroatoms. The normalized spacial score (nSPS) is 20.8. The first-order valence-corrected chi connectivity index (χ1v) is 11.8. The zero-order chi connectivity index (χ0) is 21.9. The third-order valence-corrected chi connectivity index (χ3v) is 7.34. The Bertz CT molecular complexity index is 1510. The number of anilines is 1. The molecule has 2 saturated carbocycles. The fraction of sp³-hybridized carbons (Fsp3) is 0.308. The molecule has 2 fully saturated rings. The highest BCUT2D eigenvalue weighted by Crippen LogP contribution is 2.42. The number of rotatable bonds is 4. The van der Waals surface area contributed by atoms with Crippen LogP contribution in [-0.4, -0.2) is 37.0 Å². The summed E-state index contributed by atoms with van der Waals surface area (Å²) >= 11 is 0. The summed E-state index contributed by atoms with van der Waals surface area (Å²) in [5, 5.41) is 6.99. The molecule has 0 amide bonds. The SMILES string of the molecule is N[C@H]1C[C@@H](Nc2nc(-c3ccnc4[nH]c5ccccc5c34)nc3cncc(C4CCC4)c23)C1. The summed E-state index contributed by atoms with van der Waals surface area (Å²) in [5.74, 6) is 2.14. The van der Waals surface area contributed by atoms with Crippen molar-refractivity contribution in [3.63, 3.8) is 0 Å². The van der Waals surface area contributed by atoms with Crippen LogP contribution >= 0.6 is 0 Å². The molecule has 2 aliphatic rings. The van der Waals surface area contributed by atoms with E-state index < -0.39 is 0 Å². The van der Waals surface area contributed by atoms with Crippen LogP contribution in [0.15, 0.2) is 48.9 Å². The lowest BCUT2D eigenvalue weighted by Crippen LogP contribution is -2.44. The Morgan fingerprint density at radius 2 is 1.88 bits per heavy atom. The van der Waals surface area contributed by atoms with Crippen molar-refractivity contribution in [2.75, 3.05) is 5.32 Å². The van der Waals surface area contributed by atoms with E-state index in [1.807, 2.05) is 30.7 Å². The van der Waals surface area contributed by atoms with Crippen LogP contribution in [0, 0.1) is 0 Å². The van der Waals surface area contributed by atoms with Gasteiger partial charge in [-0.2, -0.15) is 0 Å². The quantitative estimate of drug-likeness (QED) is 0.371. The number of aromatic amines is 1. The summed E-state index contributed by atoms with van der Waals surface area (Å²) in [4.78, 5) is 22.7. The smallest absolute Gasteiger partial charge is 0.163 e. The Hall–Kier alpha value is -3.58. The molecule has 33 heavy (non-hydrogen) atoms. The number of aromatic nitrogens is 5. The highest BCUT2D eigenvalue weighted by molar-refractivity contribution is 6.12. The van der Waals surface area contributed by atoms with Gasteiger partial charge in [-0.1, -0.05) is 24.6 Å². The van der Waals surface area contributed by atoms with E-state index in [-0.39, 0.29) is 6.04 Å². The van der Waals surface area contributed by atoms with Gasteiger partial charge in [0, 0.05) is 51.7 Å². The van der Waals surface area contributed by atoms with Crippen LogP contribution < -0.4 is 11.1 Å². The Balaban J connectivity index is 1.46. The molecule has 7 nitrogen and oxygen atoms in total. The van der Waals surface area contributed by atoms with E-state index in [0.717, 1.165) is 57.1 Å². The number of para-hydroxylation sites is 1. The van der Waals surface area contributed by atoms with Gasteiger partial charge in [-0.15, -0.1) is 0 Å². The summed E-state index contributed by atoms with van der Waals surface area (Å²) in [6.07, 6.45) is 11.3. The number of nitrogens with zero attached hydrogens (tertiary/aromatic N) is 4. The maximum Gasteiger partial charge on any atom is 0.163 e. The van der Waals surface area contributed by atoms with Gasteiger partial charge in [-0.3, -0.25) is 4.98 Å². The molecule has 0 spiro atoms. The lowest BCUT2D eigenvalue weighted by Gasteiger charge is -2.34. The fourth-order valence-electron chi connectivity index (χ4n) is 5.29. The lowest BCUT2D eigenvalue weighted by molar-refractivity contribution is 0.373. The van der Waals surface area contributed by atoms with Gasteiger partial charge in [-0.25, -0.2) is 15.0 Å². The minimum Gasteiger partial charge on any atom is -0.367 e. The minimum absolute atomic E-state index is 0.272. The highest BCUT2D eigenvalue weighted by atomic mass is 15.1. The van der Waals surface area contributed by atoms with Crippen molar-refractivity contribution in [2.24, 2.45) is 5.73 Å². The number of nitrogens with two attached hydrogens (primary N) is 1. The Labute approximate surface area is 190 Å². The minimum atomic E-state index is 0.272. The molecule has 0 bridgehead atoms. The highest BCUT2D eigenvalue weighted by Gasteiger charge is 2.29. The van der Waals surface area contributed by atoms with Crippen molar-refractivity contribution in [2.45, 2.75) is 50.1 Å². The molecule has 0 atom stereocenters. The monoisotopic (exact) mass is 435 g/mol. The van der Waals surface area contributed by atoms with Crippen LogP contribution in [0.2, 0.25) is 0 Å². The van der Waals surface area contributed by atoms with Gasteiger partial charge in [0.25, 0.3) is 0 Å². The van der Waals surface area contributed by atoms with Crippen molar-refractivity contribution >= 4 is 38.7 Å². The number of benzene rings is 1. The van der Waals surface area contributed by atoms with Crippen molar-refractivity contribution in [3.8, 4) is 11.4 Å². The van der Waals surface area contributed by atoms with Crippen LogP contribution in [-0.2, 0) is 0 Å². The number of hydrogen-bond donors (Lipinski definition) is 3. The second-order valence-electron chi connectivity index (χ2n) is 9.47. The number of H-pyrrole nitrogens is 1. The molecule has 0 saturated heterocycles.